The summed E-state index contributed by atoms with van der Waals surface area (Å²) in [5.74, 6) is 1.37. The number of fused-ring (bicyclic) bond motifs is 1. The lowest BCUT2D eigenvalue weighted by molar-refractivity contribution is 0.0781. The maximum Gasteiger partial charge on any atom is 0.253 e. The van der Waals surface area contributed by atoms with Gasteiger partial charge in [0.1, 0.15) is 0 Å². The molecule has 6 heteroatoms. The first-order chi connectivity index (χ1) is 8.65. The van der Waals surface area contributed by atoms with Crippen LogP contribution in [0, 0.1) is 11.8 Å². The fraction of sp³-hybridized carbons (Fsp3) is 0.462. The fourth-order valence-corrected chi connectivity index (χ4v) is 3.33. The number of amides is 1. The van der Waals surface area contributed by atoms with Gasteiger partial charge in [-0.15, -0.1) is 12.4 Å². The minimum atomic E-state index is 0. The van der Waals surface area contributed by atoms with Gasteiger partial charge in [0.15, 0.2) is 0 Å². The standard InChI is InChI=1S/C13H14BrClN2O.ClH/c14-11-3-8(1-2-12(11)15)13(18)17-6-9-4-16-5-10(9)7-17;/h1-3,9-10,16H,4-7H2;1H/t9-,10+;. The van der Waals surface area contributed by atoms with Gasteiger partial charge in [0, 0.05) is 36.2 Å². The van der Waals surface area contributed by atoms with Crippen LogP contribution in [0.3, 0.4) is 0 Å². The number of likely N-dealkylation sites (tertiary alicyclic amines) is 1. The summed E-state index contributed by atoms with van der Waals surface area (Å²) in [5, 5.41) is 4.01. The van der Waals surface area contributed by atoms with Crippen molar-refractivity contribution in [3.8, 4) is 0 Å². The molecule has 1 amide bonds. The lowest BCUT2D eigenvalue weighted by atomic mass is 10.0. The third kappa shape index (κ3) is 2.92. The van der Waals surface area contributed by atoms with E-state index in [0.717, 1.165) is 30.7 Å². The van der Waals surface area contributed by atoms with E-state index in [4.69, 9.17) is 11.6 Å². The molecule has 0 aliphatic carbocycles. The first-order valence-electron chi connectivity index (χ1n) is 6.10. The van der Waals surface area contributed by atoms with E-state index < -0.39 is 0 Å². The normalized spacial score (nSPS) is 25.1. The molecule has 3 nitrogen and oxygen atoms in total. The number of halogens is 3. The average Bonchev–Trinajstić information content (AvgIpc) is 2.92. The number of carbonyl (C=O) groups excluding carboxylic acids is 1. The number of hydrogen-bond acceptors (Lipinski definition) is 2. The summed E-state index contributed by atoms with van der Waals surface area (Å²) >= 11 is 9.30. The maximum atomic E-state index is 12.4. The molecule has 2 aliphatic heterocycles. The van der Waals surface area contributed by atoms with Crippen molar-refractivity contribution in [1.82, 2.24) is 10.2 Å². The minimum absolute atomic E-state index is 0. The SMILES string of the molecule is Cl.O=C(c1ccc(Cl)c(Br)c1)N1C[C@H]2CNC[C@H]2C1. The van der Waals surface area contributed by atoms with E-state index in [9.17, 15) is 4.79 Å². The summed E-state index contributed by atoms with van der Waals surface area (Å²) in [6.45, 7) is 3.82. The van der Waals surface area contributed by atoms with Crippen LogP contribution in [0.2, 0.25) is 5.02 Å². The summed E-state index contributed by atoms with van der Waals surface area (Å²) < 4.78 is 0.774. The Kier molecular flexibility index (Phi) is 4.77. The maximum absolute atomic E-state index is 12.4. The molecule has 2 aliphatic rings. The monoisotopic (exact) mass is 364 g/mol. The topological polar surface area (TPSA) is 32.3 Å². The number of rotatable bonds is 1. The molecule has 3 rings (SSSR count). The third-order valence-electron chi connectivity index (χ3n) is 3.84. The molecule has 2 fully saturated rings. The highest BCUT2D eigenvalue weighted by Crippen LogP contribution is 2.29. The molecule has 0 bridgehead atoms. The average molecular weight is 366 g/mol. The van der Waals surface area contributed by atoms with Crippen LogP contribution in [-0.2, 0) is 0 Å². The molecule has 104 valence electrons. The van der Waals surface area contributed by atoms with Gasteiger partial charge < -0.3 is 10.2 Å². The van der Waals surface area contributed by atoms with Gasteiger partial charge in [-0.25, -0.2) is 0 Å². The Morgan fingerprint density at radius 1 is 1.32 bits per heavy atom. The second kappa shape index (κ2) is 6.00. The van der Waals surface area contributed by atoms with Gasteiger partial charge in [0.2, 0.25) is 0 Å². The molecule has 2 saturated heterocycles. The predicted octanol–water partition coefficient (Wildman–Crippen LogP) is 2.82. The molecular formula is C13H15BrCl2N2O. The Balaban J connectivity index is 0.00000133. The van der Waals surface area contributed by atoms with Crippen molar-refractivity contribution in [2.45, 2.75) is 0 Å². The number of benzene rings is 1. The summed E-state index contributed by atoms with van der Waals surface area (Å²) in [5.41, 5.74) is 0.708. The molecule has 1 aromatic rings. The lowest BCUT2D eigenvalue weighted by Gasteiger charge is -2.17. The molecule has 0 aromatic heterocycles. The first-order valence-corrected chi connectivity index (χ1v) is 7.27. The van der Waals surface area contributed by atoms with E-state index in [1.54, 1.807) is 18.2 Å². The Morgan fingerprint density at radius 2 is 1.95 bits per heavy atom. The first kappa shape index (κ1) is 15.1. The van der Waals surface area contributed by atoms with Crippen molar-refractivity contribution in [2.75, 3.05) is 26.2 Å². The summed E-state index contributed by atoms with van der Waals surface area (Å²) in [7, 11) is 0. The zero-order valence-electron chi connectivity index (χ0n) is 10.2. The van der Waals surface area contributed by atoms with Crippen molar-refractivity contribution < 1.29 is 4.79 Å². The van der Waals surface area contributed by atoms with Crippen molar-refractivity contribution in [3.63, 3.8) is 0 Å². The number of nitrogens with one attached hydrogen (secondary N) is 1. The van der Waals surface area contributed by atoms with E-state index in [1.807, 2.05) is 4.90 Å². The Hall–Kier alpha value is -0.290. The molecule has 0 saturated carbocycles. The zero-order valence-corrected chi connectivity index (χ0v) is 13.4. The Labute approximate surface area is 132 Å². The predicted molar refractivity (Wildman–Crippen MR) is 82.2 cm³/mol. The van der Waals surface area contributed by atoms with Crippen LogP contribution in [0.5, 0.6) is 0 Å². The van der Waals surface area contributed by atoms with Gasteiger partial charge in [-0.05, 0) is 46.0 Å². The fourth-order valence-electron chi connectivity index (χ4n) is 2.83. The highest BCUT2D eigenvalue weighted by atomic mass is 79.9. The van der Waals surface area contributed by atoms with Crippen LogP contribution in [-0.4, -0.2) is 37.0 Å². The van der Waals surface area contributed by atoms with Crippen LogP contribution < -0.4 is 5.32 Å². The molecule has 19 heavy (non-hydrogen) atoms. The highest BCUT2D eigenvalue weighted by molar-refractivity contribution is 9.10. The van der Waals surface area contributed by atoms with E-state index in [0.29, 0.717) is 22.4 Å². The summed E-state index contributed by atoms with van der Waals surface area (Å²) in [6.07, 6.45) is 0. The van der Waals surface area contributed by atoms with E-state index in [-0.39, 0.29) is 18.3 Å². The minimum Gasteiger partial charge on any atom is -0.338 e. The Bertz CT molecular complexity index is 486. The van der Waals surface area contributed by atoms with Crippen LogP contribution in [0.1, 0.15) is 10.4 Å². The van der Waals surface area contributed by atoms with Crippen molar-refractivity contribution in [1.29, 1.82) is 0 Å². The molecule has 0 radical (unpaired) electrons. The van der Waals surface area contributed by atoms with Crippen molar-refractivity contribution in [2.24, 2.45) is 11.8 Å². The van der Waals surface area contributed by atoms with E-state index >= 15 is 0 Å². The third-order valence-corrected chi connectivity index (χ3v) is 5.06. The molecule has 1 aromatic carbocycles. The Morgan fingerprint density at radius 3 is 2.53 bits per heavy atom. The molecule has 1 N–H and O–H groups in total. The summed E-state index contributed by atoms with van der Waals surface area (Å²) in [4.78, 5) is 14.3. The quantitative estimate of drug-likeness (QED) is 0.829. The van der Waals surface area contributed by atoms with Crippen LogP contribution in [0.4, 0.5) is 0 Å². The molecule has 2 heterocycles. The second-order valence-electron chi connectivity index (χ2n) is 5.02. The van der Waals surface area contributed by atoms with Gasteiger partial charge in [0.05, 0.1) is 5.02 Å². The number of hydrogen-bond donors (Lipinski definition) is 1. The van der Waals surface area contributed by atoms with Gasteiger partial charge in [-0.1, -0.05) is 11.6 Å². The molecular weight excluding hydrogens is 351 g/mol. The van der Waals surface area contributed by atoms with Gasteiger partial charge in [-0.3, -0.25) is 4.79 Å². The molecule has 0 unspecified atom stereocenters. The highest BCUT2D eigenvalue weighted by Gasteiger charge is 2.38. The van der Waals surface area contributed by atoms with Crippen LogP contribution in [0.25, 0.3) is 0 Å². The van der Waals surface area contributed by atoms with Gasteiger partial charge >= 0.3 is 0 Å². The number of carbonyl (C=O) groups is 1. The largest absolute Gasteiger partial charge is 0.338 e. The zero-order chi connectivity index (χ0) is 12.7. The van der Waals surface area contributed by atoms with Crippen LogP contribution in [0.15, 0.2) is 22.7 Å². The summed E-state index contributed by atoms with van der Waals surface area (Å²) in [6, 6.07) is 5.36. The van der Waals surface area contributed by atoms with E-state index in [1.165, 1.54) is 0 Å². The number of nitrogens with zero attached hydrogens (tertiary/aromatic N) is 1. The lowest BCUT2D eigenvalue weighted by Crippen LogP contribution is -2.31. The van der Waals surface area contributed by atoms with Crippen molar-refractivity contribution >= 4 is 45.8 Å². The second-order valence-corrected chi connectivity index (χ2v) is 6.28. The smallest absolute Gasteiger partial charge is 0.253 e. The van der Waals surface area contributed by atoms with Gasteiger partial charge in [-0.2, -0.15) is 0 Å². The van der Waals surface area contributed by atoms with E-state index in [2.05, 4.69) is 21.2 Å². The molecule has 0 spiro atoms. The van der Waals surface area contributed by atoms with Gasteiger partial charge in [0.25, 0.3) is 5.91 Å². The van der Waals surface area contributed by atoms with Crippen LogP contribution >= 0.6 is 39.9 Å². The van der Waals surface area contributed by atoms with Crippen molar-refractivity contribution in [3.05, 3.63) is 33.3 Å². The molecule has 2 atom stereocenters.